The van der Waals surface area contributed by atoms with Gasteiger partial charge < -0.3 is 10.0 Å². The molecule has 0 saturated carbocycles. The van der Waals surface area contributed by atoms with Crippen LogP contribution in [0.25, 0.3) is 0 Å². The third kappa shape index (κ3) is 3.53. The summed E-state index contributed by atoms with van der Waals surface area (Å²) in [7, 11) is 0. The molecule has 7 heteroatoms. The molecule has 1 heterocycles. The van der Waals surface area contributed by atoms with E-state index >= 15 is 0 Å². The maximum Gasteiger partial charge on any atom is 0.310 e. The summed E-state index contributed by atoms with van der Waals surface area (Å²) in [5.74, 6) is -1.10. The molecule has 0 saturated heterocycles. The van der Waals surface area contributed by atoms with E-state index in [-0.39, 0.29) is 22.4 Å². The highest BCUT2D eigenvalue weighted by molar-refractivity contribution is 6.06. The number of allylic oxidation sites excluding steroid dienone is 4. The van der Waals surface area contributed by atoms with Crippen molar-refractivity contribution in [3.63, 3.8) is 0 Å². The van der Waals surface area contributed by atoms with Gasteiger partial charge in [-0.05, 0) is 42.2 Å². The lowest BCUT2D eigenvalue weighted by atomic mass is 9.63. The molecular formula is C25H30N2O5. The van der Waals surface area contributed by atoms with Crippen molar-refractivity contribution >= 4 is 17.3 Å². The van der Waals surface area contributed by atoms with Gasteiger partial charge >= 0.3 is 5.69 Å². The Bertz CT molecular complexity index is 1060. The van der Waals surface area contributed by atoms with Gasteiger partial charge in [0.1, 0.15) is 0 Å². The van der Waals surface area contributed by atoms with Crippen LogP contribution in [0.15, 0.2) is 40.7 Å². The molecule has 7 nitrogen and oxygen atoms in total. The van der Waals surface area contributed by atoms with Crippen LogP contribution < -0.4 is 0 Å². The van der Waals surface area contributed by atoms with Crippen molar-refractivity contribution < 1.29 is 19.6 Å². The molecular weight excluding hydrogens is 408 g/mol. The summed E-state index contributed by atoms with van der Waals surface area (Å²) in [5, 5.41) is 21.5. The van der Waals surface area contributed by atoms with E-state index in [9.17, 15) is 24.8 Å². The van der Waals surface area contributed by atoms with Crippen LogP contribution in [0.1, 0.15) is 71.8 Å². The number of hydrogen-bond donors (Lipinski definition) is 1. The minimum atomic E-state index is -0.644. The average Bonchev–Trinajstić information content (AvgIpc) is 2.65. The molecule has 0 radical (unpaired) electrons. The molecule has 4 rings (SSSR count). The first-order valence-corrected chi connectivity index (χ1v) is 11.1. The molecule has 0 fully saturated rings. The molecule has 1 aliphatic heterocycles. The first-order chi connectivity index (χ1) is 14.8. The molecule has 0 spiro atoms. The SMILES string of the molecule is CCN1C2=C(C(=O)CC(C)(C)C2)C(c2ccc(O)c([N+](=O)[O-])c2)C2=C1CC(C)(C)CC2=O. The standard InChI is InChI=1S/C25H30N2O5/c1-6-26-16-10-24(2,3)12-19(29)22(16)21(14-7-8-18(28)15(9-14)27(31)32)23-17(26)11-25(4,5)13-20(23)30/h7-9,21,28H,6,10-13H2,1-5H3. The van der Waals surface area contributed by atoms with Crippen LogP contribution >= 0.6 is 0 Å². The van der Waals surface area contributed by atoms with Gasteiger partial charge in [-0.3, -0.25) is 19.7 Å². The second-order valence-electron chi connectivity index (χ2n) is 10.8. The second-order valence-corrected chi connectivity index (χ2v) is 10.8. The summed E-state index contributed by atoms with van der Waals surface area (Å²) in [6.07, 6.45) is 2.12. The van der Waals surface area contributed by atoms with E-state index in [1.54, 1.807) is 6.07 Å². The Morgan fingerprint density at radius 3 is 1.94 bits per heavy atom. The van der Waals surface area contributed by atoms with Gasteiger partial charge in [-0.25, -0.2) is 0 Å². The number of Topliss-reactive ketones (excluding diaryl/α,β-unsaturated/α-hetero) is 2. The van der Waals surface area contributed by atoms with Crippen molar-refractivity contribution in [2.24, 2.45) is 10.8 Å². The molecule has 3 aliphatic rings. The monoisotopic (exact) mass is 438 g/mol. The second kappa shape index (κ2) is 7.29. The van der Waals surface area contributed by atoms with Crippen LogP contribution in [0.2, 0.25) is 0 Å². The van der Waals surface area contributed by atoms with Crippen molar-refractivity contribution in [2.45, 2.75) is 66.2 Å². The van der Waals surface area contributed by atoms with Crippen LogP contribution in [0.5, 0.6) is 5.75 Å². The van der Waals surface area contributed by atoms with Crippen LogP contribution in [0.4, 0.5) is 5.69 Å². The molecule has 0 aromatic heterocycles. The first-order valence-electron chi connectivity index (χ1n) is 11.1. The molecule has 0 unspecified atom stereocenters. The molecule has 0 atom stereocenters. The Morgan fingerprint density at radius 1 is 1.00 bits per heavy atom. The number of rotatable bonds is 3. The third-order valence-electron chi connectivity index (χ3n) is 6.87. The molecule has 1 N–H and O–H groups in total. The van der Waals surface area contributed by atoms with E-state index in [2.05, 4.69) is 32.6 Å². The normalized spacial score (nSPS) is 22.7. The number of nitro benzene ring substituents is 1. The van der Waals surface area contributed by atoms with Crippen molar-refractivity contribution in [2.75, 3.05) is 6.54 Å². The van der Waals surface area contributed by atoms with E-state index < -0.39 is 22.3 Å². The largest absolute Gasteiger partial charge is 0.502 e. The predicted octanol–water partition coefficient (Wildman–Crippen LogP) is 5.01. The van der Waals surface area contributed by atoms with Crippen LogP contribution in [0.3, 0.4) is 0 Å². The fourth-order valence-electron chi connectivity index (χ4n) is 5.63. The number of carbonyl (C=O) groups excluding carboxylic acids is 2. The zero-order valence-electron chi connectivity index (χ0n) is 19.3. The van der Waals surface area contributed by atoms with E-state index in [4.69, 9.17) is 0 Å². The van der Waals surface area contributed by atoms with Gasteiger partial charge in [0.25, 0.3) is 0 Å². The van der Waals surface area contributed by atoms with Gasteiger partial charge in [-0.15, -0.1) is 0 Å². The van der Waals surface area contributed by atoms with E-state index in [1.165, 1.54) is 12.1 Å². The first kappa shape index (κ1) is 22.2. The number of nitrogens with zero attached hydrogens (tertiary/aromatic N) is 2. The summed E-state index contributed by atoms with van der Waals surface area (Å²) >= 11 is 0. The zero-order chi connectivity index (χ0) is 23.6. The number of nitro groups is 1. The molecule has 170 valence electrons. The Labute approximate surface area is 187 Å². The molecule has 0 bridgehead atoms. The number of carbonyl (C=O) groups is 2. The topological polar surface area (TPSA) is 101 Å². The lowest BCUT2D eigenvalue weighted by Crippen LogP contribution is -2.44. The average molecular weight is 439 g/mol. The zero-order valence-corrected chi connectivity index (χ0v) is 19.3. The maximum absolute atomic E-state index is 13.5. The molecule has 0 amide bonds. The summed E-state index contributed by atoms with van der Waals surface area (Å²) in [5.41, 5.74) is 2.69. The number of ketones is 2. The highest BCUT2D eigenvalue weighted by Crippen LogP contribution is 2.54. The summed E-state index contributed by atoms with van der Waals surface area (Å²) in [4.78, 5) is 40.0. The summed E-state index contributed by atoms with van der Waals surface area (Å²) < 4.78 is 0. The highest BCUT2D eigenvalue weighted by Gasteiger charge is 2.48. The van der Waals surface area contributed by atoms with Crippen LogP contribution in [-0.2, 0) is 9.59 Å². The Kier molecular flexibility index (Phi) is 5.07. The number of benzene rings is 1. The van der Waals surface area contributed by atoms with Gasteiger partial charge in [-0.1, -0.05) is 33.8 Å². The van der Waals surface area contributed by atoms with E-state index in [0.717, 1.165) is 11.4 Å². The van der Waals surface area contributed by atoms with Gasteiger partial charge in [0.15, 0.2) is 17.3 Å². The quantitative estimate of drug-likeness (QED) is 0.526. The summed E-state index contributed by atoms with van der Waals surface area (Å²) in [6, 6.07) is 4.20. The van der Waals surface area contributed by atoms with Crippen LogP contribution in [-0.4, -0.2) is 33.0 Å². The number of hydrogen-bond acceptors (Lipinski definition) is 6. The van der Waals surface area contributed by atoms with Gasteiger partial charge in [0, 0.05) is 53.9 Å². The lowest BCUT2D eigenvalue weighted by Gasteiger charge is -2.48. The Morgan fingerprint density at radius 2 is 1.50 bits per heavy atom. The Hall–Kier alpha value is -2.96. The van der Waals surface area contributed by atoms with Gasteiger partial charge in [0.2, 0.25) is 0 Å². The van der Waals surface area contributed by atoms with Crippen molar-refractivity contribution in [1.29, 1.82) is 0 Å². The molecule has 1 aromatic carbocycles. The number of aromatic hydroxyl groups is 1. The molecule has 2 aliphatic carbocycles. The fraction of sp³-hybridized carbons (Fsp3) is 0.520. The maximum atomic E-state index is 13.5. The van der Waals surface area contributed by atoms with Crippen molar-refractivity contribution in [1.82, 2.24) is 4.90 Å². The van der Waals surface area contributed by atoms with E-state index in [1.807, 2.05) is 6.92 Å². The predicted molar refractivity (Wildman–Crippen MR) is 120 cm³/mol. The lowest BCUT2D eigenvalue weighted by molar-refractivity contribution is -0.385. The van der Waals surface area contributed by atoms with E-state index in [0.29, 0.717) is 48.9 Å². The number of phenolic OH excluding ortho intramolecular Hbond substituents is 1. The molecule has 32 heavy (non-hydrogen) atoms. The minimum Gasteiger partial charge on any atom is -0.502 e. The Balaban J connectivity index is 2.01. The third-order valence-corrected chi connectivity index (χ3v) is 6.87. The molecule has 1 aromatic rings. The van der Waals surface area contributed by atoms with Gasteiger partial charge in [0.05, 0.1) is 4.92 Å². The van der Waals surface area contributed by atoms with Crippen LogP contribution in [0, 0.1) is 20.9 Å². The highest BCUT2D eigenvalue weighted by atomic mass is 16.6. The smallest absolute Gasteiger partial charge is 0.310 e. The minimum absolute atomic E-state index is 0.0142. The summed E-state index contributed by atoms with van der Waals surface area (Å²) in [6.45, 7) is 11.0. The van der Waals surface area contributed by atoms with Crippen molar-refractivity contribution in [3.05, 3.63) is 56.4 Å². The number of phenols is 1. The fourth-order valence-corrected chi connectivity index (χ4v) is 5.63. The van der Waals surface area contributed by atoms with Crippen molar-refractivity contribution in [3.8, 4) is 5.75 Å². The van der Waals surface area contributed by atoms with Gasteiger partial charge in [-0.2, -0.15) is 0 Å².